The molecule has 0 aromatic carbocycles. The summed E-state index contributed by atoms with van der Waals surface area (Å²) in [6, 6.07) is 0. The minimum Gasteiger partial charge on any atom is -0.337 e. The molecule has 4 aliphatic carbocycles. The molecule has 1 N–H and O–H groups in total. The summed E-state index contributed by atoms with van der Waals surface area (Å²) in [5, 5.41) is 7.64. The van der Waals surface area contributed by atoms with Crippen LogP contribution in [0, 0.1) is 17.8 Å². The first-order valence-electron chi connectivity index (χ1n) is 8.04. The second kappa shape index (κ2) is 4.06. The van der Waals surface area contributed by atoms with Gasteiger partial charge in [0.05, 0.1) is 5.54 Å². The first-order chi connectivity index (χ1) is 9.51. The highest BCUT2D eigenvalue weighted by atomic mass is 16.5. The molecule has 1 aromatic rings. The molecule has 0 aliphatic heterocycles. The van der Waals surface area contributed by atoms with E-state index < -0.39 is 0 Å². The Bertz CT molecular complexity index is 484. The van der Waals surface area contributed by atoms with E-state index >= 15 is 0 Å². The zero-order chi connectivity index (χ0) is 14.0. The van der Waals surface area contributed by atoms with Crippen molar-refractivity contribution < 1.29 is 4.52 Å². The van der Waals surface area contributed by atoms with Crippen LogP contribution in [0.3, 0.4) is 0 Å². The third-order valence-corrected chi connectivity index (χ3v) is 6.10. The molecule has 5 rings (SSSR count). The fourth-order valence-corrected chi connectivity index (χ4v) is 5.18. The predicted octanol–water partition coefficient (Wildman–Crippen LogP) is 2.99. The van der Waals surface area contributed by atoms with Crippen LogP contribution in [0.25, 0.3) is 0 Å². The molecule has 0 atom stereocenters. The van der Waals surface area contributed by atoms with Gasteiger partial charge in [-0.3, -0.25) is 0 Å². The summed E-state index contributed by atoms with van der Waals surface area (Å²) in [6.07, 6.45) is 8.22. The van der Waals surface area contributed by atoms with Gasteiger partial charge < -0.3 is 9.84 Å². The molecule has 110 valence electrons. The van der Waals surface area contributed by atoms with Gasteiger partial charge in [0.25, 0.3) is 0 Å². The topological polar surface area (TPSA) is 51.0 Å². The Kier molecular flexibility index (Phi) is 2.60. The molecule has 4 bridgehead atoms. The fraction of sp³-hybridized carbons (Fsp3) is 0.875. The maximum absolute atomic E-state index is 5.59. The molecule has 1 heterocycles. The van der Waals surface area contributed by atoms with Crippen LogP contribution in [-0.2, 0) is 11.0 Å². The lowest BCUT2D eigenvalue weighted by Gasteiger charge is -2.55. The van der Waals surface area contributed by atoms with Crippen molar-refractivity contribution in [2.75, 3.05) is 7.05 Å². The van der Waals surface area contributed by atoms with E-state index in [2.05, 4.69) is 24.3 Å². The average molecular weight is 275 g/mol. The van der Waals surface area contributed by atoms with Gasteiger partial charge >= 0.3 is 0 Å². The zero-order valence-electron chi connectivity index (χ0n) is 12.8. The summed E-state index contributed by atoms with van der Waals surface area (Å²) in [6.45, 7) is 4.17. The minimum absolute atomic E-state index is 0.236. The molecular formula is C16H25N3O. The van der Waals surface area contributed by atoms with Crippen molar-refractivity contribution in [3.63, 3.8) is 0 Å². The molecule has 0 unspecified atom stereocenters. The molecule has 1 aromatic heterocycles. The van der Waals surface area contributed by atoms with Crippen LogP contribution in [0.4, 0.5) is 0 Å². The minimum atomic E-state index is -0.243. The summed E-state index contributed by atoms with van der Waals surface area (Å²) in [7, 11) is 1.94. The van der Waals surface area contributed by atoms with Crippen molar-refractivity contribution in [1.29, 1.82) is 0 Å². The average Bonchev–Trinajstić information content (AvgIpc) is 2.88. The predicted molar refractivity (Wildman–Crippen MR) is 76.2 cm³/mol. The molecule has 4 heteroatoms. The molecule has 0 amide bonds. The Hall–Kier alpha value is -0.900. The Labute approximate surface area is 120 Å². The Morgan fingerprint density at radius 1 is 1.10 bits per heavy atom. The molecular weight excluding hydrogens is 250 g/mol. The molecule has 0 spiro atoms. The van der Waals surface area contributed by atoms with Gasteiger partial charge in [0, 0.05) is 5.41 Å². The van der Waals surface area contributed by atoms with Crippen LogP contribution in [0.15, 0.2) is 4.52 Å². The van der Waals surface area contributed by atoms with Crippen molar-refractivity contribution in [3.8, 4) is 0 Å². The summed E-state index contributed by atoms with van der Waals surface area (Å²) in [4.78, 5) is 4.80. The third kappa shape index (κ3) is 1.77. The highest BCUT2D eigenvalue weighted by Crippen LogP contribution is 2.60. The van der Waals surface area contributed by atoms with Gasteiger partial charge in [-0.2, -0.15) is 4.98 Å². The summed E-state index contributed by atoms with van der Waals surface area (Å²) in [5.74, 6) is 4.47. The smallest absolute Gasteiger partial charge is 0.246 e. The van der Waals surface area contributed by atoms with Crippen LogP contribution in [0.2, 0.25) is 0 Å². The van der Waals surface area contributed by atoms with Crippen molar-refractivity contribution in [2.45, 2.75) is 63.3 Å². The molecule has 0 radical (unpaired) electrons. The normalized spacial score (nSPS) is 39.5. The monoisotopic (exact) mass is 275 g/mol. The van der Waals surface area contributed by atoms with Crippen LogP contribution < -0.4 is 5.32 Å². The molecule has 0 saturated heterocycles. The second-order valence-electron chi connectivity index (χ2n) is 8.00. The van der Waals surface area contributed by atoms with Gasteiger partial charge in [0.15, 0.2) is 5.82 Å². The Morgan fingerprint density at radius 3 is 2.15 bits per heavy atom. The van der Waals surface area contributed by atoms with Gasteiger partial charge in [0.2, 0.25) is 5.89 Å². The quantitative estimate of drug-likeness (QED) is 0.921. The van der Waals surface area contributed by atoms with Crippen molar-refractivity contribution in [2.24, 2.45) is 17.8 Å². The lowest BCUT2D eigenvalue weighted by Crippen LogP contribution is -2.49. The standard InChI is InChI=1S/C16H25N3O/c1-15(2,17-3)14-18-13(19-20-14)16-7-10-4-11(8-16)6-12(5-10)9-16/h10-12,17H,4-9H2,1-3H3. The summed E-state index contributed by atoms with van der Waals surface area (Å²) in [5.41, 5.74) is -0.00609. The zero-order valence-corrected chi connectivity index (χ0v) is 12.8. The third-order valence-electron chi connectivity index (χ3n) is 6.10. The van der Waals surface area contributed by atoms with E-state index in [1.54, 1.807) is 0 Å². The van der Waals surface area contributed by atoms with Gasteiger partial charge in [-0.25, -0.2) is 0 Å². The van der Waals surface area contributed by atoms with E-state index in [4.69, 9.17) is 9.51 Å². The van der Waals surface area contributed by atoms with Crippen molar-refractivity contribution in [1.82, 2.24) is 15.5 Å². The van der Waals surface area contributed by atoms with Crippen molar-refractivity contribution >= 4 is 0 Å². The Balaban J connectivity index is 1.68. The molecule has 4 nitrogen and oxygen atoms in total. The Morgan fingerprint density at radius 2 is 1.65 bits per heavy atom. The van der Waals surface area contributed by atoms with E-state index in [9.17, 15) is 0 Å². The van der Waals surface area contributed by atoms with Crippen molar-refractivity contribution in [3.05, 3.63) is 11.7 Å². The fourth-order valence-electron chi connectivity index (χ4n) is 5.18. The number of nitrogens with one attached hydrogen (secondary N) is 1. The summed E-state index contributed by atoms with van der Waals surface area (Å²) >= 11 is 0. The number of rotatable bonds is 3. The van der Waals surface area contributed by atoms with E-state index in [0.29, 0.717) is 0 Å². The van der Waals surface area contributed by atoms with Gasteiger partial charge in [-0.15, -0.1) is 0 Å². The molecule has 4 fully saturated rings. The lowest BCUT2D eigenvalue weighted by molar-refractivity contribution is -0.0103. The highest BCUT2D eigenvalue weighted by molar-refractivity contribution is 5.17. The number of hydrogen-bond acceptors (Lipinski definition) is 4. The molecule has 4 saturated carbocycles. The first kappa shape index (κ1) is 12.8. The number of aromatic nitrogens is 2. The van der Waals surface area contributed by atoms with Crippen LogP contribution in [-0.4, -0.2) is 17.2 Å². The van der Waals surface area contributed by atoms with Gasteiger partial charge in [-0.05, 0) is 77.2 Å². The van der Waals surface area contributed by atoms with E-state index in [1.807, 2.05) is 7.05 Å². The molecule has 20 heavy (non-hydrogen) atoms. The number of nitrogens with zero attached hydrogens (tertiary/aromatic N) is 2. The SMILES string of the molecule is CNC(C)(C)c1nc(C23CC4CC(CC(C4)C2)C3)no1. The number of hydrogen-bond donors (Lipinski definition) is 1. The molecule has 4 aliphatic rings. The van der Waals surface area contributed by atoms with E-state index in [1.165, 1.54) is 38.5 Å². The first-order valence-corrected chi connectivity index (χ1v) is 8.04. The van der Waals surface area contributed by atoms with E-state index in [-0.39, 0.29) is 11.0 Å². The largest absolute Gasteiger partial charge is 0.337 e. The summed E-state index contributed by atoms with van der Waals surface area (Å²) < 4.78 is 5.59. The second-order valence-corrected chi connectivity index (χ2v) is 8.00. The maximum Gasteiger partial charge on any atom is 0.246 e. The van der Waals surface area contributed by atoms with E-state index in [0.717, 1.165) is 29.5 Å². The van der Waals surface area contributed by atoms with Crippen LogP contribution in [0.1, 0.15) is 64.1 Å². The lowest BCUT2D eigenvalue weighted by atomic mass is 9.49. The van der Waals surface area contributed by atoms with Gasteiger partial charge in [0.1, 0.15) is 0 Å². The van der Waals surface area contributed by atoms with Gasteiger partial charge in [-0.1, -0.05) is 5.16 Å². The maximum atomic E-state index is 5.59. The van der Waals surface area contributed by atoms with Crippen LogP contribution >= 0.6 is 0 Å². The van der Waals surface area contributed by atoms with Crippen LogP contribution in [0.5, 0.6) is 0 Å². The highest BCUT2D eigenvalue weighted by Gasteiger charge is 2.54.